The predicted octanol–water partition coefficient (Wildman–Crippen LogP) is 5.36. The van der Waals surface area contributed by atoms with Crippen molar-refractivity contribution in [3.63, 3.8) is 0 Å². The van der Waals surface area contributed by atoms with Crippen molar-refractivity contribution in [2.75, 3.05) is 39.9 Å². The number of anilines is 1. The highest BCUT2D eigenvalue weighted by Crippen LogP contribution is 2.52. The molecule has 1 unspecified atom stereocenters. The number of carbonyl (C=O) groups is 1. The van der Waals surface area contributed by atoms with Gasteiger partial charge >= 0.3 is 0 Å². The molecule has 1 aliphatic rings. The van der Waals surface area contributed by atoms with Gasteiger partial charge < -0.3 is 23.8 Å². The molecule has 0 spiro atoms. The van der Waals surface area contributed by atoms with Crippen LogP contribution in [0.3, 0.4) is 0 Å². The summed E-state index contributed by atoms with van der Waals surface area (Å²) >= 11 is 0. The molecule has 1 heterocycles. The van der Waals surface area contributed by atoms with Crippen LogP contribution in [-0.4, -0.2) is 47.1 Å². The lowest BCUT2D eigenvalue weighted by atomic mass is 9.76. The lowest BCUT2D eigenvalue weighted by Crippen LogP contribution is -2.31. The van der Waals surface area contributed by atoms with Crippen molar-refractivity contribution in [1.82, 2.24) is 5.43 Å². The molecule has 3 aromatic rings. The number of nitrogens with zero attached hydrogens (tertiary/aromatic N) is 2. The van der Waals surface area contributed by atoms with E-state index < -0.39 is 5.41 Å². The molecular formula is C31H35N3O5. The third kappa shape index (κ3) is 5.41. The normalized spacial score (nSPS) is 17.3. The fourth-order valence-electron chi connectivity index (χ4n) is 5.15. The maximum atomic E-state index is 12.5. The first kappa shape index (κ1) is 27.6. The average molecular weight is 530 g/mol. The highest BCUT2D eigenvalue weighted by atomic mass is 16.5. The summed E-state index contributed by atoms with van der Waals surface area (Å²) in [5.74, 6) is 2.51. The van der Waals surface area contributed by atoms with Crippen molar-refractivity contribution >= 4 is 17.8 Å². The molecule has 4 rings (SSSR count). The topological polar surface area (TPSA) is 81.6 Å². The number of benzene rings is 3. The van der Waals surface area contributed by atoms with Crippen molar-refractivity contribution in [1.29, 1.82) is 0 Å². The van der Waals surface area contributed by atoms with Crippen molar-refractivity contribution in [2.24, 2.45) is 5.10 Å². The number of fused-ring (bicyclic) bond motifs is 1. The summed E-state index contributed by atoms with van der Waals surface area (Å²) in [6, 6.07) is 18.8. The summed E-state index contributed by atoms with van der Waals surface area (Å²) in [6.45, 7) is 5.03. The number of amides is 1. The number of hydrazone groups is 1. The molecule has 8 heteroatoms. The second-order valence-electron chi connectivity index (χ2n) is 9.28. The van der Waals surface area contributed by atoms with Gasteiger partial charge in [0.2, 0.25) is 0 Å². The molecule has 0 aromatic heterocycles. The molecule has 0 bridgehead atoms. The van der Waals surface area contributed by atoms with E-state index in [1.165, 1.54) is 0 Å². The van der Waals surface area contributed by atoms with Gasteiger partial charge in [-0.05, 0) is 62.2 Å². The fraction of sp³-hybridized carbons (Fsp3) is 0.290. The molecule has 0 radical (unpaired) electrons. The van der Waals surface area contributed by atoms with Crippen LogP contribution >= 0.6 is 0 Å². The van der Waals surface area contributed by atoms with Crippen molar-refractivity contribution in [3.05, 3.63) is 89.1 Å². The van der Waals surface area contributed by atoms with Gasteiger partial charge in [-0.25, -0.2) is 5.43 Å². The summed E-state index contributed by atoms with van der Waals surface area (Å²) in [6.07, 6.45) is 4.14. The second-order valence-corrected chi connectivity index (χ2v) is 9.28. The van der Waals surface area contributed by atoms with E-state index in [1.807, 2.05) is 42.5 Å². The number of nitrogens with one attached hydrogen (secondary N) is 1. The van der Waals surface area contributed by atoms with Crippen molar-refractivity contribution in [2.45, 2.75) is 25.7 Å². The molecule has 1 aliphatic heterocycles. The third-order valence-electron chi connectivity index (χ3n) is 7.12. The Balaban J connectivity index is 1.78. The van der Waals surface area contributed by atoms with Gasteiger partial charge in [0.15, 0.2) is 0 Å². The first-order valence-corrected chi connectivity index (χ1v) is 12.7. The first-order valence-electron chi connectivity index (χ1n) is 12.7. The van der Waals surface area contributed by atoms with Gasteiger partial charge in [0.1, 0.15) is 23.0 Å². The van der Waals surface area contributed by atoms with E-state index in [-0.39, 0.29) is 5.91 Å². The number of likely N-dealkylation sites (N-methyl/N-ethyl adjacent to an activating group) is 1. The van der Waals surface area contributed by atoms with Crippen LogP contribution in [0.1, 0.15) is 35.3 Å². The molecule has 0 aliphatic carbocycles. The standard InChI is InChI=1S/C31H35N3O5/c1-7-34-26-14-13-22(36-3)17-25(26)31(2,20-24-27(38-5)18-23(37-4)19-28(24)39-6)29(34)15-16-32-33-30(35)21-11-9-8-10-12-21/h8-19H,7,20H2,1-6H3,(H,33,35)/b29-15-,32-16+. The number of methoxy groups -OCH3 is 4. The van der Waals surface area contributed by atoms with E-state index in [4.69, 9.17) is 18.9 Å². The van der Waals surface area contributed by atoms with Gasteiger partial charge in [-0.15, -0.1) is 0 Å². The van der Waals surface area contributed by atoms with E-state index in [0.29, 0.717) is 29.2 Å². The molecular weight excluding hydrogens is 494 g/mol. The molecule has 0 saturated heterocycles. The van der Waals surface area contributed by atoms with Crippen LogP contribution in [0.4, 0.5) is 5.69 Å². The van der Waals surface area contributed by atoms with Gasteiger partial charge in [-0.1, -0.05) is 18.2 Å². The van der Waals surface area contributed by atoms with Gasteiger partial charge in [-0.3, -0.25) is 4.79 Å². The summed E-state index contributed by atoms with van der Waals surface area (Å²) < 4.78 is 22.6. The average Bonchev–Trinajstić information content (AvgIpc) is 3.21. The Morgan fingerprint density at radius 3 is 2.18 bits per heavy atom. The summed E-state index contributed by atoms with van der Waals surface area (Å²) in [5, 5.41) is 4.22. The Morgan fingerprint density at radius 2 is 1.59 bits per heavy atom. The van der Waals surface area contributed by atoms with Crippen LogP contribution in [0.2, 0.25) is 0 Å². The Bertz CT molecular complexity index is 1360. The predicted molar refractivity (Wildman–Crippen MR) is 154 cm³/mol. The van der Waals surface area contributed by atoms with Crippen LogP contribution in [0, 0.1) is 0 Å². The molecule has 8 nitrogen and oxygen atoms in total. The summed E-state index contributed by atoms with van der Waals surface area (Å²) in [4.78, 5) is 14.7. The number of carbonyl (C=O) groups excluding carboxylic acids is 1. The fourth-order valence-corrected chi connectivity index (χ4v) is 5.15. The lowest BCUT2D eigenvalue weighted by Gasteiger charge is -2.31. The molecule has 0 fully saturated rings. The summed E-state index contributed by atoms with van der Waals surface area (Å²) in [7, 11) is 6.57. The van der Waals surface area contributed by atoms with E-state index >= 15 is 0 Å². The minimum Gasteiger partial charge on any atom is -0.497 e. The van der Waals surface area contributed by atoms with Gasteiger partial charge in [0.25, 0.3) is 5.91 Å². The third-order valence-corrected chi connectivity index (χ3v) is 7.12. The van der Waals surface area contributed by atoms with Crippen LogP contribution in [0.15, 0.2) is 77.5 Å². The SMILES string of the molecule is CCN1/C(=C\C=N\NC(=O)c2ccccc2)C(C)(Cc2c(OC)cc(OC)cc2OC)c2cc(OC)ccc21. The molecule has 39 heavy (non-hydrogen) atoms. The van der Waals surface area contributed by atoms with Crippen LogP contribution in [0.5, 0.6) is 23.0 Å². The molecule has 1 N–H and O–H groups in total. The van der Waals surface area contributed by atoms with E-state index in [1.54, 1.807) is 46.8 Å². The molecule has 1 amide bonds. The maximum absolute atomic E-state index is 12.5. The quantitative estimate of drug-likeness (QED) is 0.281. The largest absolute Gasteiger partial charge is 0.497 e. The Morgan fingerprint density at radius 1 is 0.923 bits per heavy atom. The minimum absolute atomic E-state index is 0.271. The Kier molecular flexibility index (Phi) is 8.44. The van der Waals surface area contributed by atoms with Crippen LogP contribution in [0.25, 0.3) is 0 Å². The van der Waals surface area contributed by atoms with Crippen molar-refractivity contribution < 1.29 is 23.7 Å². The van der Waals surface area contributed by atoms with Gasteiger partial charge in [0.05, 0.1) is 28.4 Å². The molecule has 0 saturated carbocycles. The molecule has 1 atom stereocenters. The maximum Gasteiger partial charge on any atom is 0.271 e. The lowest BCUT2D eigenvalue weighted by molar-refractivity contribution is 0.0955. The zero-order chi connectivity index (χ0) is 28.0. The zero-order valence-electron chi connectivity index (χ0n) is 23.3. The van der Waals surface area contributed by atoms with Gasteiger partial charge in [0, 0.05) is 52.8 Å². The van der Waals surface area contributed by atoms with Crippen molar-refractivity contribution in [3.8, 4) is 23.0 Å². The number of rotatable bonds is 10. The van der Waals surface area contributed by atoms with E-state index in [9.17, 15) is 4.79 Å². The van der Waals surface area contributed by atoms with Crippen LogP contribution < -0.4 is 29.3 Å². The number of hydrogen-bond acceptors (Lipinski definition) is 7. The first-order chi connectivity index (χ1) is 18.9. The smallest absolute Gasteiger partial charge is 0.271 e. The Hall–Kier alpha value is -4.46. The highest BCUT2D eigenvalue weighted by molar-refractivity contribution is 5.94. The Labute approximate surface area is 229 Å². The monoisotopic (exact) mass is 529 g/mol. The number of ether oxygens (including phenoxy) is 4. The van der Waals surface area contributed by atoms with Crippen LogP contribution in [-0.2, 0) is 11.8 Å². The molecule has 204 valence electrons. The minimum atomic E-state index is -0.509. The van der Waals surface area contributed by atoms with Gasteiger partial charge in [-0.2, -0.15) is 5.10 Å². The number of allylic oxidation sites excluding steroid dienone is 2. The zero-order valence-corrected chi connectivity index (χ0v) is 23.3. The highest BCUT2D eigenvalue weighted by Gasteiger charge is 2.44. The van der Waals surface area contributed by atoms with E-state index in [0.717, 1.165) is 34.8 Å². The number of hydrogen-bond donors (Lipinski definition) is 1. The van der Waals surface area contributed by atoms with E-state index in [2.05, 4.69) is 41.4 Å². The molecule has 3 aromatic carbocycles. The second kappa shape index (κ2) is 11.9. The summed E-state index contributed by atoms with van der Waals surface area (Å²) in [5.41, 5.74) is 6.77.